The SMILES string of the molecule is CCCOc1ccccc1C(=O)N(Cc1ccc(C(C)C)cc1)C1CCS(=O)(=O)C1. The average molecular weight is 430 g/mol. The summed E-state index contributed by atoms with van der Waals surface area (Å²) in [7, 11) is -3.12. The van der Waals surface area contributed by atoms with Crippen molar-refractivity contribution in [3.8, 4) is 5.75 Å². The van der Waals surface area contributed by atoms with Crippen LogP contribution in [-0.2, 0) is 16.4 Å². The van der Waals surface area contributed by atoms with Crippen LogP contribution in [0.1, 0.15) is 61.0 Å². The molecule has 0 radical (unpaired) electrons. The molecule has 30 heavy (non-hydrogen) atoms. The zero-order valence-electron chi connectivity index (χ0n) is 18.0. The molecule has 1 unspecified atom stereocenters. The lowest BCUT2D eigenvalue weighted by Crippen LogP contribution is -2.40. The molecule has 0 saturated carbocycles. The third-order valence-corrected chi connectivity index (χ3v) is 7.24. The van der Waals surface area contributed by atoms with Crippen LogP contribution in [0.25, 0.3) is 0 Å². The van der Waals surface area contributed by atoms with E-state index in [1.807, 2.05) is 31.2 Å². The smallest absolute Gasteiger partial charge is 0.258 e. The molecule has 2 aromatic rings. The number of para-hydroxylation sites is 1. The van der Waals surface area contributed by atoms with Crippen molar-refractivity contribution < 1.29 is 17.9 Å². The van der Waals surface area contributed by atoms with Crippen molar-refractivity contribution in [1.29, 1.82) is 0 Å². The van der Waals surface area contributed by atoms with Gasteiger partial charge in [-0.15, -0.1) is 0 Å². The summed E-state index contributed by atoms with van der Waals surface area (Å²) in [5, 5.41) is 0. The first-order valence-electron chi connectivity index (χ1n) is 10.6. The van der Waals surface area contributed by atoms with Crippen LogP contribution in [0.3, 0.4) is 0 Å². The molecular weight excluding hydrogens is 398 g/mol. The van der Waals surface area contributed by atoms with Gasteiger partial charge in [-0.2, -0.15) is 0 Å². The highest BCUT2D eigenvalue weighted by Gasteiger charge is 2.35. The number of ether oxygens (including phenoxy) is 1. The van der Waals surface area contributed by atoms with Crippen molar-refractivity contribution in [1.82, 2.24) is 4.90 Å². The molecule has 1 heterocycles. The van der Waals surface area contributed by atoms with Gasteiger partial charge in [0.2, 0.25) is 0 Å². The second-order valence-corrected chi connectivity index (χ2v) is 10.5. The molecule has 3 rings (SSSR count). The molecule has 162 valence electrons. The minimum Gasteiger partial charge on any atom is -0.493 e. The van der Waals surface area contributed by atoms with Gasteiger partial charge in [-0.05, 0) is 42.0 Å². The molecule has 0 aromatic heterocycles. The molecule has 5 nitrogen and oxygen atoms in total. The lowest BCUT2D eigenvalue weighted by atomic mass is 10.0. The lowest BCUT2D eigenvalue weighted by Gasteiger charge is -2.29. The van der Waals surface area contributed by atoms with E-state index in [4.69, 9.17) is 4.74 Å². The van der Waals surface area contributed by atoms with Crippen LogP contribution < -0.4 is 4.74 Å². The average Bonchev–Trinajstić information content (AvgIpc) is 3.10. The maximum atomic E-state index is 13.6. The number of nitrogens with zero attached hydrogens (tertiary/aromatic N) is 1. The van der Waals surface area contributed by atoms with E-state index < -0.39 is 9.84 Å². The summed E-state index contributed by atoms with van der Waals surface area (Å²) in [4.78, 5) is 15.3. The molecule has 1 fully saturated rings. The van der Waals surface area contributed by atoms with E-state index in [2.05, 4.69) is 26.0 Å². The highest BCUT2D eigenvalue weighted by molar-refractivity contribution is 7.91. The van der Waals surface area contributed by atoms with Gasteiger partial charge in [0.1, 0.15) is 5.75 Å². The number of carbonyl (C=O) groups is 1. The van der Waals surface area contributed by atoms with Crippen LogP contribution in [-0.4, -0.2) is 43.4 Å². The number of sulfone groups is 1. The Balaban J connectivity index is 1.91. The molecule has 0 spiro atoms. The van der Waals surface area contributed by atoms with Gasteiger partial charge in [-0.1, -0.05) is 57.2 Å². The highest BCUT2D eigenvalue weighted by atomic mass is 32.2. The number of amides is 1. The highest BCUT2D eigenvalue weighted by Crippen LogP contribution is 2.27. The van der Waals surface area contributed by atoms with Gasteiger partial charge >= 0.3 is 0 Å². The number of rotatable bonds is 8. The first-order valence-corrected chi connectivity index (χ1v) is 12.4. The molecular formula is C24H31NO4S. The second kappa shape index (κ2) is 9.65. The van der Waals surface area contributed by atoms with Crippen LogP contribution in [0.15, 0.2) is 48.5 Å². The molecule has 0 aliphatic carbocycles. The van der Waals surface area contributed by atoms with Gasteiger partial charge in [-0.3, -0.25) is 4.79 Å². The normalized spacial score (nSPS) is 17.8. The summed E-state index contributed by atoms with van der Waals surface area (Å²) in [5.41, 5.74) is 2.71. The van der Waals surface area contributed by atoms with Crippen molar-refractivity contribution in [3.63, 3.8) is 0 Å². The van der Waals surface area contributed by atoms with Gasteiger partial charge in [0, 0.05) is 12.6 Å². The molecule has 1 amide bonds. The van der Waals surface area contributed by atoms with E-state index in [0.29, 0.717) is 36.8 Å². The minimum absolute atomic E-state index is 0.0147. The van der Waals surface area contributed by atoms with Crippen molar-refractivity contribution in [2.24, 2.45) is 0 Å². The quantitative estimate of drug-likeness (QED) is 0.623. The molecule has 1 saturated heterocycles. The van der Waals surface area contributed by atoms with E-state index in [-0.39, 0.29) is 23.5 Å². The summed E-state index contributed by atoms with van der Waals surface area (Å²) < 4.78 is 30.0. The molecule has 0 N–H and O–H groups in total. The first kappa shape index (κ1) is 22.3. The van der Waals surface area contributed by atoms with E-state index in [0.717, 1.165) is 12.0 Å². The summed E-state index contributed by atoms with van der Waals surface area (Å²) in [6.07, 6.45) is 1.31. The minimum atomic E-state index is -3.12. The van der Waals surface area contributed by atoms with Crippen LogP contribution in [0, 0.1) is 0 Å². The third kappa shape index (κ3) is 5.42. The Bertz CT molecular complexity index is 967. The number of hydrogen-bond donors (Lipinski definition) is 0. The van der Waals surface area contributed by atoms with Gasteiger partial charge in [0.05, 0.1) is 23.7 Å². The maximum absolute atomic E-state index is 13.6. The summed E-state index contributed by atoms with van der Waals surface area (Å²) >= 11 is 0. The topological polar surface area (TPSA) is 63.7 Å². The Morgan fingerprint density at radius 3 is 2.43 bits per heavy atom. The Morgan fingerprint density at radius 1 is 1.13 bits per heavy atom. The monoisotopic (exact) mass is 429 g/mol. The second-order valence-electron chi connectivity index (χ2n) is 8.23. The largest absolute Gasteiger partial charge is 0.493 e. The fraction of sp³-hybridized carbons (Fsp3) is 0.458. The van der Waals surface area contributed by atoms with E-state index in [9.17, 15) is 13.2 Å². The predicted molar refractivity (Wildman–Crippen MR) is 120 cm³/mol. The maximum Gasteiger partial charge on any atom is 0.258 e. The summed E-state index contributed by atoms with van der Waals surface area (Å²) in [5.74, 6) is 0.934. The molecule has 6 heteroatoms. The van der Waals surface area contributed by atoms with Crippen LogP contribution in [0.2, 0.25) is 0 Å². The standard InChI is InChI=1S/C24H31NO4S/c1-4-14-29-23-8-6-5-7-22(23)24(26)25(21-13-15-30(27,28)17-21)16-19-9-11-20(12-10-19)18(2)3/h5-12,18,21H,4,13-17H2,1-3H3. The van der Waals surface area contributed by atoms with Gasteiger partial charge in [-0.25, -0.2) is 8.42 Å². The summed E-state index contributed by atoms with van der Waals surface area (Å²) in [6.45, 7) is 7.20. The van der Waals surface area contributed by atoms with E-state index >= 15 is 0 Å². The fourth-order valence-corrected chi connectivity index (χ4v) is 5.46. The molecule has 1 aliphatic rings. The molecule has 1 atom stereocenters. The van der Waals surface area contributed by atoms with Crippen molar-refractivity contribution in [2.45, 2.75) is 52.1 Å². The molecule has 2 aromatic carbocycles. The Labute approximate surface area is 180 Å². The predicted octanol–water partition coefficient (Wildman–Crippen LogP) is 4.43. The number of benzene rings is 2. The third-order valence-electron chi connectivity index (χ3n) is 5.49. The molecule has 1 aliphatic heterocycles. The Morgan fingerprint density at radius 2 is 1.83 bits per heavy atom. The molecule has 0 bridgehead atoms. The zero-order valence-corrected chi connectivity index (χ0v) is 18.8. The summed E-state index contributed by atoms with van der Waals surface area (Å²) in [6, 6.07) is 15.1. The van der Waals surface area contributed by atoms with E-state index in [1.165, 1.54) is 5.56 Å². The zero-order chi connectivity index (χ0) is 21.7. The first-order chi connectivity index (χ1) is 14.3. The van der Waals surface area contributed by atoms with Gasteiger partial charge in [0.25, 0.3) is 5.91 Å². The van der Waals surface area contributed by atoms with Crippen molar-refractivity contribution in [3.05, 3.63) is 65.2 Å². The lowest BCUT2D eigenvalue weighted by molar-refractivity contribution is 0.0676. The van der Waals surface area contributed by atoms with Crippen LogP contribution in [0.4, 0.5) is 0 Å². The van der Waals surface area contributed by atoms with Gasteiger partial charge in [0.15, 0.2) is 9.84 Å². The van der Waals surface area contributed by atoms with Crippen LogP contribution >= 0.6 is 0 Å². The van der Waals surface area contributed by atoms with Gasteiger partial charge < -0.3 is 9.64 Å². The fourth-order valence-electron chi connectivity index (χ4n) is 3.73. The number of hydrogen-bond acceptors (Lipinski definition) is 4. The van der Waals surface area contributed by atoms with Crippen LogP contribution in [0.5, 0.6) is 5.75 Å². The van der Waals surface area contributed by atoms with E-state index in [1.54, 1.807) is 17.0 Å². The van der Waals surface area contributed by atoms with Crippen molar-refractivity contribution >= 4 is 15.7 Å². The Kier molecular flexibility index (Phi) is 7.19. The van der Waals surface area contributed by atoms with Crippen molar-refractivity contribution in [2.75, 3.05) is 18.1 Å². The Hall–Kier alpha value is -2.34. The number of carbonyl (C=O) groups excluding carboxylic acids is 1.